The lowest BCUT2D eigenvalue weighted by atomic mass is 10.1. The summed E-state index contributed by atoms with van der Waals surface area (Å²) in [6, 6.07) is 4.97. The van der Waals surface area contributed by atoms with Crippen LogP contribution in [0.15, 0.2) is 18.2 Å². The van der Waals surface area contributed by atoms with Gasteiger partial charge in [0.25, 0.3) is 0 Å². The van der Waals surface area contributed by atoms with E-state index in [1.165, 1.54) is 6.07 Å². The number of rotatable bonds is 5. The van der Waals surface area contributed by atoms with Gasteiger partial charge in [0.2, 0.25) is 0 Å². The third-order valence-electron chi connectivity index (χ3n) is 3.16. The van der Waals surface area contributed by atoms with Gasteiger partial charge in [-0.1, -0.05) is 12.1 Å². The SMILES string of the molecule is CC(CO)N(C)c1c(F)cccc1CNC(C)(C)C. The number of para-hydroxylation sites is 1. The lowest BCUT2D eigenvalue weighted by Crippen LogP contribution is -2.37. The highest BCUT2D eigenvalue weighted by Gasteiger charge is 2.18. The zero-order valence-electron chi connectivity index (χ0n) is 12.5. The van der Waals surface area contributed by atoms with Gasteiger partial charge in [0.05, 0.1) is 12.3 Å². The standard InChI is InChI=1S/C15H25FN2O/c1-11(10-19)18(5)14-12(7-6-8-13(14)16)9-17-15(2,3)4/h6-8,11,17,19H,9-10H2,1-5H3. The maximum atomic E-state index is 14.1. The van der Waals surface area contributed by atoms with Crippen LogP contribution in [0.25, 0.3) is 0 Å². The quantitative estimate of drug-likeness (QED) is 0.861. The molecule has 0 aromatic heterocycles. The molecule has 0 amide bonds. The van der Waals surface area contributed by atoms with Crippen molar-refractivity contribution in [3.8, 4) is 0 Å². The number of hydrogen-bond donors (Lipinski definition) is 2. The molecule has 2 N–H and O–H groups in total. The van der Waals surface area contributed by atoms with Gasteiger partial charge in [-0.3, -0.25) is 0 Å². The molecule has 0 aliphatic rings. The largest absolute Gasteiger partial charge is 0.394 e. The summed E-state index contributed by atoms with van der Waals surface area (Å²) < 4.78 is 14.1. The number of nitrogens with zero attached hydrogens (tertiary/aromatic N) is 1. The predicted molar refractivity (Wildman–Crippen MR) is 77.9 cm³/mol. The molecular formula is C15H25FN2O. The first-order valence-corrected chi connectivity index (χ1v) is 6.62. The Morgan fingerprint density at radius 2 is 2.00 bits per heavy atom. The number of anilines is 1. The Balaban J connectivity index is 3.01. The molecular weight excluding hydrogens is 243 g/mol. The second kappa shape index (κ2) is 6.35. The van der Waals surface area contributed by atoms with Crippen LogP contribution >= 0.6 is 0 Å². The normalized spacial score (nSPS) is 13.4. The molecule has 0 saturated carbocycles. The van der Waals surface area contributed by atoms with Crippen molar-refractivity contribution in [2.45, 2.75) is 45.8 Å². The van der Waals surface area contributed by atoms with E-state index in [0.717, 1.165) is 5.56 Å². The Kier molecular flexibility index (Phi) is 5.32. The fraction of sp³-hybridized carbons (Fsp3) is 0.600. The van der Waals surface area contributed by atoms with Crippen molar-refractivity contribution in [2.24, 2.45) is 0 Å². The van der Waals surface area contributed by atoms with E-state index in [0.29, 0.717) is 12.2 Å². The maximum absolute atomic E-state index is 14.1. The minimum atomic E-state index is -0.254. The van der Waals surface area contributed by atoms with Crippen LogP contribution in [0.4, 0.5) is 10.1 Å². The molecule has 0 aliphatic heterocycles. The van der Waals surface area contributed by atoms with Gasteiger partial charge in [-0.15, -0.1) is 0 Å². The summed E-state index contributed by atoms with van der Waals surface area (Å²) in [5.41, 5.74) is 1.43. The Morgan fingerprint density at radius 3 is 2.53 bits per heavy atom. The van der Waals surface area contributed by atoms with E-state index in [1.807, 2.05) is 13.0 Å². The molecule has 1 aromatic carbocycles. The average Bonchev–Trinajstić information content (AvgIpc) is 2.33. The molecule has 0 bridgehead atoms. The predicted octanol–water partition coefficient (Wildman–Crippen LogP) is 2.53. The van der Waals surface area contributed by atoms with Crippen LogP contribution in [0.3, 0.4) is 0 Å². The number of nitrogens with one attached hydrogen (secondary N) is 1. The molecule has 0 aliphatic carbocycles. The smallest absolute Gasteiger partial charge is 0.146 e. The summed E-state index contributed by atoms with van der Waals surface area (Å²) in [5, 5.41) is 12.6. The summed E-state index contributed by atoms with van der Waals surface area (Å²) >= 11 is 0. The number of aliphatic hydroxyl groups is 1. The minimum Gasteiger partial charge on any atom is -0.394 e. The monoisotopic (exact) mass is 268 g/mol. The topological polar surface area (TPSA) is 35.5 Å². The number of hydrogen-bond acceptors (Lipinski definition) is 3. The van der Waals surface area contributed by atoms with Crippen molar-refractivity contribution >= 4 is 5.69 Å². The highest BCUT2D eigenvalue weighted by Crippen LogP contribution is 2.25. The highest BCUT2D eigenvalue weighted by molar-refractivity contribution is 5.55. The maximum Gasteiger partial charge on any atom is 0.146 e. The van der Waals surface area contributed by atoms with Gasteiger partial charge < -0.3 is 15.3 Å². The van der Waals surface area contributed by atoms with Gasteiger partial charge in [-0.2, -0.15) is 0 Å². The Bertz CT molecular complexity index is 415. The van der Waals surface area contributed by atoms with Gasteiger partial charge in [-0.25, -0.2) is 4.39 Å². The average molecular weight is 268 g/mol. The molecule has 0 spiro atoms. The van der Waals surface area contributed by atoms with Crippen molar-refractivity contribution in [2.75, 3.05) is 18.6 Å². The van der Waals surface area contributed by atoms with Crippen LogP contribution in [0.1, 0.15) is 33.3 Å². The van der Waals surface area contributed by atoms with Gasteiger partial charge in [-0.05, 0) is 39.3 Å². The molecule has 0 saturated heterocycles. The number of likely N-dealkylation sites (N-methyl/N-ethyl adjacent to an activating group) is 1. The Labute approximate surface area is 115 Å². The first kappa shape index (κ1) is 15.9. The molecule has 19 heavy (non-hydrogen) atoms. The van der Waals surface area contributed by atoms with E-state index >= 15 is 0 Å². The van der Waals surface area contributed by atoms with Crippen molar-refractivity contribution in [1.82, 2.24) is 5.32 Å². The van der Waals surface area contributed by atoms with Crippen LogP contribution < -0.4 is 10.2 Å². The summed E-state index contributed by atoms with van der Waals surface area (Å²) in [7, 11) is 1.81. The second-order valence-electron chi connectivity index (χ2n) is 5.99. The van der Waals surface area contributed by atoms with E-state index in [2.05, 4.69) is 26.1 Å². The molecule has 1 aromatic rings. The molecule has 1 rings (SSSR count). The van der Waals surface area contributed by atoms with Crippen LogP contribution in [0, 0.1) is 5.82 Å². The lowest BCUT2D eigenvalue weighted by Gasteiger charge is -2.29. The van der Waals surface area contributed by atoms with Crippen molar-refractivity contribution in [1.29, 1.82) is 0 Å². The fourth-order valence-corrected chi connectivity index (χ4v) is 1.80. The molecule has 0 heterocycles. The Hall–Kier alpha value is -1.13. The molecule has 1 unspecified atom stereocenters. The van der Waals surface area contributed by atoms with E-state index in [1.54, 1.807) is 18.0 Å². The van der Waals surface area contributed by atoms with E-state index < -0.39 is 0 Å². The van der Waals surface area contributed by atoms with Gasteiger partial charge in [0.1, 0.15) is 5.82 Å². The molecule has 4 heteroatoms. The zero-order chi connectivity index (χ0) is 14.6. The van der Waals surface area contributed by atoms with E-state index in [9.17, 15) is 9.50 Å². The van der Waals surface area contributed by atoms with Gasteiger partial charge >= 0.3 is 0 Å². The fourth-order valence-electron chi connectivity index (χ4n) is 1.80. The van der Waals surface area contributed by atoms with Crippen molar-refractivity contribution in [3.63, 3.8) is 0 Å². The Morgan fingerprint density at radius 1 is 1.37 bits per heavy atom. The molecule has 108 valence electrons. The number of benzene rings is 1. The summed E-state index contributed by atoms with van der Waals surface area (Å²) in [5.74, 6) is -0.254. The first-order chi connectivity index (χ1) is 8.76. The van der Waals surface area contributed by atoms with Crippen LogP contribution in [0.2, 0.25) is 0 Å². The zero-order valence-corrected chi connectivity index (χ0v) is 12.5. The van der Waals surface area contributed by atoms with E-state index in [4.69, 9.17) is 0 Å². The number of aliphatic hydroxyl groups excluding tert-OH is 1. The first-order valence-electron chi connectivity index (χ1n) is 6.62. The van der Waals surface area contributed by atoms with Crippen LogP contribution in [-0.2, 0) is 6.54 Å². The third-order valence-corrected chi connectivity index (χ3v) is 3.16. The molecule has 3 nitrogen and oxygen atoms in total. The second-order valence-corrected chi connectivity index (χ2v) is 5.99. The van der Waals surface area contributed by atoms with Crippen LogP contribution in [0.5, 0.6) is 0 Å². The van der Waals surface area contributed by atoms with E-state index in [-0.39, 0.29) is 24.0 Å². The highest BCUT2D eigenvalue weighted by atomic mass is 19.1. The lowest BCUT2D eigenvalue weighted by molar-refractivity contribution is 0.269. The summed E-state index contributed by atoms with van der Waals surface area (Å²) in [6.45, 7) is 8.69. The van der Waals surface area contributed by atoms with Crippen molar-refractivity contribution < 1.29 is 9.50 Å². The third kappa shape index (κ3) is 4.48. The van der Waals surface area contributed by atoms with Gasteiger partial charge in [0.15, 0.2) is 0 Å². The molecule has 0 fully saturated rings. The molecule has 1 atom stereocenters. The molecule has 0 radical (unpaired) electrons. The van der Waals surface area contributed by atoms with Crippen molar-refractivity contribution in [3.05, 3.63) is 29.6 Å². The summed E-state index contributed by atoms with van der Waals surface area (Å²) in [4.78, 5) is 1.79. The van der Waals surface area contributed by atoms with Crippen LogP contribution in [-0.4, -0.2) is 30.3 Å². The number of halogens is 1. The minimum absolute atomic E-state index is 0.00300. The van der Waals surface area contributed by atoms with Gasteiger partial charge in [0, 0.05) is 25.2 Å². The summed E-state index contributed by atoms with van der Waals surface area (Å²) in [6.07, 6.45) is 0.